The number of hydrogen-bond acceptors (Lipinski definition) is 5. The number of carboxylic acids is 1. The van der Waals surface area contributed by atoms with Gasteiger partial charge >= 0.3 is 5.97 Å². The molecule has 3 aromatic rings. The van der Waals surface area contributed by atoms with Crippen LogP contribution in [0, 0.1) is 0 Å². The SMILES string of the molecule is Nc1c(C(=O)c2ccc(OCC(=O)O)cc2)oc2ccccc12. The van der Waals surface area contributed by atoms with Gasteiger partial charge in [0.15, 0.2) is 12.4 Å². The molecule has 0 aliphatic heterocycles. The summed E-state index contributed by atoms with van der Waals surface area (Å²) in [5.41, 5.74) is 7.21. The number of ketones is 1. The number of furan rings is 1. The number of nitrogens with two attached hydrogens (primary N) is 1. The van der Waals surface area contributed by atoms with E-state index in [0.29, 0.717) is 28.0 Å². The summed E-state index contributed by atoms with van der Waals surface area (Å²) in [5.74, 6) is -0.962. The summed E-state index contributed by atoms with van der Waals surface area (Å²) in [6.07, 6.45) is 0. The van der Waals surface area contributed by atoms with Gasteiger partial charge in [-0.2, -0.15) is 0 Å². The summed E-state index contributed by atoms with van der Waals surface area (Å²) in [5, 5.41) is 9.25. The second-order valence-corrected chi connectivity index (χ2v) is 4.88. The van der Waals surface area contributed by atoms with Gasteiger partial charge in [0.1, 0.15) is 11.3 Å². The molecule has 0 fully saturated rings. The molecule has 0 saturated carbocycles. The van der Waals surface area contributed by atoms with Crippen molar-refractivity contribution >= 4 is 28.4 Å². The molecule has 0 amide bonds. The second kappa shape index (κ2) is 5.84. The minimum atomic E-state index is -1.07. The molecule has 0 aliphatic rings. The van der Waals surface area contributed by atoms with E-state index in [1.165, 1.54) is 24.3 Å². The number of para-hydroxylation sites is 1. The standard InChI is InChI=1S/C17H13NO5/c18-15-12-3-1-2-4-13(12)23-17(15)16(21)10-5-7-11(8-6-10)22-9-14(19)20/h1-8H,9,18H2,(H,19,20). The van der Waals surface area contributed by atoms with Crippen molar-refractivity contribution in [2.45, 2.75) is 0 Å². The third-order valence-corrected chi connectivity index (χ3v) is 3.32. The molecule has 3 N–H and O–H groups in total. The van der Waals surface area contributed by atoms with E-state index in [9.17, 15) is 9.59 Å². The van der Waals surface area contributed by atoms with E-state index in [0.717, 1.165) is 0 Å². The van der Waals surface area contributed by atoms with Crippen LogP contribution in [0.4, 0.5) is 5.69 Å². The van der Waals surface area contributed by atoms with Gasteiger partial charge in [-0.15, -0.1) is 0 Å². The Morgan fingerprint density at radius 2 is 1.78 bits per heavy atom. The van der Waals surface area contributed by atoms with E-state index in [1.807, 2.05) is 6.07 Å². The minimum absolute atomic E-state index is 0.0883. The van der Waals surface area contributed by atoms with Crippen molar-refractivity contribution in [1.29, 1.82) is 0 Å². The maximum atomic E-state index is 12.5. The Hall–Kier alpha value is -3.28. The first-order valence-electron chi connectivity index (χ1n) is 6.82. The Morgan fingerprint density at radius 1 is 1.09 bits per heavy atom. The van der Waals surface area contributed by atoms with Gasteiger partial charge in [0.25, 0.3) is 0 Å². The molecule has 6 heteroatoms. The lowest BCUT2D eigenvalue weighted by Crippen LogP contribution is -2.09. The van der Waals surface area contributed by atoms with Crippen molar-refractivity contribution in [1.82, 2.24) is 0 Å². The topological polar surface area (TPSA) is 103 Å². The van der Waals surface area contributed by atoms with E-state index < -0.39 is 12.6 Å². The summed E-state index contributed by atoms with van der Waals surface area (Å²) in [4.78, 5) is 23.0. The number of aliphatic carboxylic acids is 1. The van der Waals surface area contributed by atoms with Crippen molar-refractivity contribution in [2.75, 3.05) is 12.3 Å². The fourth-order valence-corrected chi connectivity index (χ4v) is 2.21. The Kier molecular flexibility index (Phi) is 3.72. The number of carbonyl (C=O) groups is 2. The van der Waals surface area contributed by atoms with E-state index in [4.69, 9.17) is 20.0 Å². The van der Waals surface area contributed by atoms with Crippen LogP contribution in [0.3, 0.4) is 0 Å². The molecule has 3 rings (SSSR count). The predicted octanol–water partition coefficient (Wildman–Crippen LogP) is 2.71. The predicted molar refractivity (Wildman–Crippen MR) is 83.6 cm³/mol. The van der Waals surface area contributed by atoms with Gasteiger partial charge in [-0.1, -0.05) is 12.1 Å². The Labute approximate surface area is 131 Å². The normalized spacial score (nSPS) is 10.6. The number of carbonyl (C=O) groups excluding carboxylic acids is 1. The first-order valence-corrected chi connectivity index (χ1v) is 6.82. The van der Waals surface area contributed by atoms with Gasteiger partial charge in [-0.05, 0) is 36.4 Å². The molecule has 0 saturated heterocycles. The number of ether oxygens (including phenoxy) is 1. The number of hydrogen-bond donors (Lipinski definition) is 2. The number of rotatable bonds is 5. The molecule has 6 nitrogen and oxygen atoms in total. The number of benzene rings is 2. The molecule has 0 unspecified atom stereocenters. The van der Waals surface area contributed by atoms with Crippen LogP contribution in [0.1, 0.15) is 16.1 Å². The highest BCUT2D eigenvalue weighted by molar-refractivity contribution is 6.14. The lowest BCUT2D eigenvalue weighted by Gasteiger charge is -2.04. The van der Waals surface area contributed by atoms with Crippen LogP contribution in [0.15, 0.2) is 52.9 Å². The fourth-order valence-electron chi connectivity index (χ4n) is 2.21. The lowest BCUT2D eigenvalue weighted by atomic mass is 10.1. The average Bonchev–Trinajstić information content (AvgIpc) is 2.90. The van der Waals surface area contributed by atoms with Crippen LogP contribution in [-0.2, 0) is 4.79 Å². The van der Waals surface area contributed by atoms with Gasteiger partial charge in [0.05, 0.1) is 5.69 Å². The molecule has 0 radical (unpaired) electrons. The molecule has 0 aliphatic carbocycles. The van der Waals surface area contributed by atoms with Crippen LogP contribution in [0.25, 0.3) is 11.0 Å². The molecule has 0 atom stereocenters. The third kappa shape index (κ3) is 2.87. The molecule has 0 spiro atoms. The summed E-state index contributed by atoms with van der Waals surface area (Å²) < 4.78 is 10.6. The van der Waals surface area contributed by atoms with E-state index in [-0.39, 0.29) is 11.5 Å². The van der Waals surface area contributed by atoms with Gasteiger partial charge in [-0.25, -0.2) is 4.79 Å². The van der Waals surface area contributed by atoms with Crippen LogP contribution in [0.5, 0.6) is 5.75 Å². The first kappa shape index (κ1) is 14.6. The van der Waals surface area contributed by atoms with Crippen molar-refractivity contribution in [3.63, 3.8) is 0 Å². The molecule has 1 heterocycles. The molecule has 23 heavy (non-hydrogen) atoms. The van der Waals surface area contributed by atoms with E-state index in [1.54, 1.807) is 18.2 Å². The summed E-state index contributed by atoms with van der Waals surface area (Å²) in [6, 6.07) is 13.3. The Morgan fingerprint density at radius 3 is 2.43 bits per heavy atom. The number of carboxylic acid groups (broad SMARTS) is 1. The zero-order chi connectivity index (χ0) is 16.4. The number of fused-ring (bicyclic) bond motifs is 1. The first-order chi connectivity index (χ1) is 11.1. The zero-order valence-electron chi connectivity index (χ0n) is 12.0. The van der Waals surface area contributed by atoms with E-state index >= 15 is 0 Å². The highest BCUT2D eigenvalue weighted by atomic mass is 16.5. The maximum absolute atomic E-state index is 12.5. The van der Waals surface area contributed by atoms with Crippen molar-refractivity contribution < 1.29 is 23.8 Å². The molecular formula is C17H13NO5. The van der Waals surface area contributed by atoms with Crippen molar-refractivity contribution in [2.24, 2.45) is 0 Å². The van der Waals surface area contributed by atoms with Crippen molar-refractivity contribution in [3.8, 4) is 5.75 Å². The maximum Gasteiger partial charge on any atom is 0.341 e. The molecular weight excluding hydrogens is 298 g/mol. The largest absolute Gasteiger partial charge is 0.482 e. The quantitative estimate of drug-likeness (QED) is 0.702. The summed E-state index contributed by atoms with van der Waals surface area (Å²) in [7, 11) is 0. The molecule has 1 aromatic heterocycles. The summed E-state index contributed by atoms with van der Waals surface area (Å²) in [6.45, 7) is -0.441. The fraction of sp³-hybridized carbons (Fsp3) is 0.0588. The molecule has 0 bridgehead atoms. The van der Waals surface area contributed by atoms with Gasteiger partial charge in [-0.3, -0.25) is 4.79 Å². The van der Waals surface area contributed by atoms with Gasteiger partial charge in [0, 0.05) is 10.9 Å². The molecule has 116 valence electrons. The minimum Gasteiger partial charge on any atom is -0.482 e. The van der Waals surface area contributed by atoms with Crippen molar-refractivity contribution in [3.05, 3.63) is 59.9 Å². The Bertz CT molecular complexity index is 880. The average molecular weight is 311 g/mol. The highest BCUT2D eigenvalue weighted by Gasteiger charge is 2.19. The monoisotopic (exact) mass is 311 g/mol. The van der Waals surface area contributed by atoms with Crippen LogP contribution >= 0.6 is 0 Å². The highest BCUT2D eigenvalue weighted by Crippen LogP contribution is 2.30. The number of anilines is 1. The van der Waals surface area contributed by atoms with Crippen LogP contribution in [0.2, 0.25) is 0 Å². The number of nitrogen functional groups attached to an aromatic ring is 1. The molecule has 2 aromatic carbocycles. The van der Waals surface area contributed by atoms with Crippen LogP contribution < -0.4 is 10.5 Å². The third-order valence-electron chi connectivity index (χ3n) is 3.32. The lowest BCUT2D eigenvalue weighted by molar-refractivity contribution is -0.139. The zero-order valence-corrected chi connectivity index (χ0v) is 12.0. The van der Waals surface area contributed by atoms with E-state index in [2.05, 4.69) is 0 Å². The van der Waals surface area contributed by atoms with Gasteiger partial charge < -0.3 is 20.0 Å². The second-order valence-electron chi connectivity index (χ2n) is 4.88. The Balaban J connectivity index is 1.87. The smallest absolute Gasteiger partial charge is 0.341 e. The summed E-state index contributed by atoms with van der Waals surface area (Å²) >= 11 is 0. The van der Waals surface area contributed by atoms with Gasteiger partial charge in [0.2, 0.25) is 5.78 Å². The van der Waals surface area contributed by atoms with Crippen LogP contribution in [-0.4, -0.2) is 23.5 Å².